The molecule has 0 saturated carbocycles. The molecule has 0 spiro atoms. The molecular weight excluding hydrogens is 264 g/mol. The number of H-pyrrole nitrogens is 1. The quantitative estimate of drug-likeness (QED) is 0.882. The molecule has 1 saturated heterocycles. The zero-order valence-corrected chi connectivity index (χ0v) is 11.1. The van der Waals surface area contributed by atoms with Crippen molar-refractivity contribution < 1.29 is 9.90 Å². The Bertz CT molecular complexity index is 683. The Labute approximate surface area is 113 Å². The molecule has 0 atom stereocenters. The van der Waals surface area contributed by atoms with E-state index < -0.39 is 5.97 Å². The van der Waals surface area contributed by atoms with E-state index in [1.165, 1.54) is 0 Å². The number of aromatic carboxylic acids is 1. The monoisotopic (exact) mass is 278 g/mol. The number of aromatic nitrogens is 2. The summed E-state index contributed by atoms with van der Waals surface area (Å²) in [5.74, 6) is 1.03. The van der Waals surface area contributed by atoms with Gasteiger partial charge in [-0.25, -0.2) is 9.59 Å². The van der Waals surface area contributed by atoms with Crippen LogP contribution in [0.4, 0.5) is 0 Å². The fraction of sp³-hybridized carbons (Fsp3) is 0.385. The number of nitrogens with one attached hydrogen (secondary N) is 1. The summed E-state index contributed by atoms with van der Waals surface area (Å²) in [6.07, 6.45) is 1.82. The molecule has 1 aliphatic rings. The first-order valence-corrected chi connectivity index (χ1v) is 7.38. The van der Waals surface area contributed by atoms with Gasteiger partial charge in [0.1, 0.15) is 0 Å². The number of carboxylic acids is 1. The van der Waals surface area contributed by atoms with E-state index in [9.17, 15) is 14.7 Å². The Balaban J connectivity index is 2.25. The summed E-state index contributed by atoms with van der Waals surface area (Å²) in [5, 5.41) is 9.28. The van der Waals surface area contributed by atoms with Gasteiger partial charge in [0.15, 0.2) is 0 Å². The van der Waals surface area contributed by atoms with Gasteiger partial charge in [0, 0.05) is 6.04 Å². The lowest BCUT2D eigenvalue weighted by molar-refractivity contribution is 0.0698. The molecule has 5 nitrogen and oxygen atoms in total. The Morgan fingerprint density at radius 1 is 1.37 bits per heavy atom. The molecule has 3 rings (SSSR count). The molecule has 1 fully saturated rings. The molecule has 1 aromatic heterocycles. The summed E-state index contributed by atoms with van der Waals surface area (Å²) < 4.78 is 1.64. The Kier molecular flexibility index (Phi) is 3.10. The van der Waals surface area contributed by atoms with E-state index in [0.29, 0.717) is 11.0 Å². The number of aromatic amines is 1. The van der Waals surface area contributed by atoms with Gasteiger partial charge in [-0.3, -0.25) is 4.57 Å². The van der Waals surface area contributed by atoms with Crippen LogP contribution in [-0.2, 0) is 0 Å². The van der Waals surface area contributed by atoms with E-state index in [1.54, 1.807) is 22.8 Å². The highest BCUT2D eigenvalue weighted by Crippen LogP contribution is 2.29. The standard InChI is InChI=1S/C13H14N2O3S/c16-12(17)9-2-1-3-10-11(9)15(13(18)14-10)8-4-6-19-7-5-8/h1-3,8H,4-7H2,(H,14,18)(H,16,17). The predicted molar refractivity (Wildman–Crippen MR) is 75.1 cm³/mol. The molecule has 6 heteroatoms. The van der Waals surface area contributed by atoms with Crippen LogP contribution in [0.2, 0.25) is 0 Å². The summed E-state index contributed by atoms with van der Waals surface area (Å²) in [4.78, 5) is 26.2. The van der Waals surface area contributed by atoms with Crippen molar-refractivity contribution >= 4 is 28.8 Å². The van der Waals surface area contributed by atoms with Crippen LogP contribution in [-0.4, -0.2) is 32.1 Å². The Morgan fingerprint density at radius 2 is 2.11 bits per heavy atom. The molecule has 0 aliphatic carbocycles. The summed E-state index contributed by atoms with van der Waals surface area (Å²) in [6.45, 7) is 0. The Morgan fingerprint density at radius 3 is 2.79 bits per heavy atom. The van der Waals surface area contributed by atoms with Crippen molar-refractivity contribution in [3.63, 3.8) is 0 Å². The van der Waals surface area contributed by atoms with Gasteiger partial charge in [0.2, 0.25) is 0 Å². The van der Waals surface area contributed by atoms with Crippen molar-refractivity contribution in [2.75, 3.05) is 11.5 Å². The molecule has 2 N–H and O–H groups in total. The number of hydrogen-bond acceptors (Lipinski definition) is 3. The largest absolute Gasteiger partial charge is 0.478 e. The second-order valence-corrected chi connectivity index (χ2v) is 5.88. The van der Waals surface area contributed by atoms with Crippen LogP contribution in [0.25, 0.3) is 11.0 Å². The average molecular weight is 278 g/mol. The molecule has 19 heavy (non-hydrogen) atoms. The lowest BCUT2D eigenvalue weighted by Crippen LogP contribution is -2.25. The van der Waals surface area contributed by atoms with E-state index >= 15 is 0 Å². The fourth-order valence-electron chi connectivity index (χ4n) is 2.65. The summed E-state index contributed by atoms with van der Waals surface area (Å²) >= 11 is 1.88. The van der Waals surface area contributed by atoms with Crippen LogP contribution in [0.1, 0.15) is 29.2 Å². The lowest BCUT2D eigenvalue weighted by atomic mass is 10.1. The summed E-state index contributed by atoms with van der Waals surface area (Å²) in [6, 6.07) is 5.05. The maximum absolute atomic E-state index is 12.1. The summed E-state index contributed by atoms with van der Waals surface area (Å²) in [5.41, 5.74) is 1.11. The van der Waals surface area contributed by atoms with E-state index in [4.69, 9.17) is 0 Å². The second kappa shape index (κ2) is 4.77. The maximum atomic E-state index is 12.1. The number of benzene rings is 1. The molecule has 2 aromatic rings. The third-order valence-corrected chi connectivity index (χ3v) is 4.57. The van der Waals surface area contributed by atoms with Gasteiger partial charge in [-0.2, -0.15) is 11.8 Å². The van der Waals surface area contributed by atoms with Gasteiger partial charge in [-0.15, -0.1) is 0 Å². The van der Waals surface area contributed by atoms with Crippen molar-refractivity contribution in [2.45, 2.75) is 18.9 Å². The van der Waals surface area contributed by atoms with Gasteiger partial charge < -0.3 is 10.1 Å². The first-order chi connectivity index (χ1) is 9.18. The topological polar surface area (TPSA) is 75.1 Å². The minimum absolute atomic E-state index is 0.1000. The number of imidazole rings is 1. The number of fused-ring (bicyclic) bond motifs is 1. The normalized spacial score (nSPS) is 16.8. The second-order valence-electron chi connectivity index (χ2n) is 4.65. The van der Waals surface area contributed by atoms with Crippen molar-refractivity contribution in [3.05, 3.63) is 34.2 Å². The third-order valence-electron chi connectivity index (χ3n) is 3.52. The number of para-hydroxylation sites is 1. The van der Waals surface area contributed by atoms with Crippen molar-refractivity contribution in [1.82, 2.24) is 9.55 Å². The van der Waals surface area contributed by atoms with E-state index in [0.717, 1.165) is 24.3 Å². The van der Waals surface area contributed by atoms with Crippen LogP contribution < -0.4 is 5.69 Å². The molecule has 0 amide bonds. The van der Waals surface area contributed by atoms with Crippen molar-refractivity contribution in [3.8, 4) is 0 Å². The highest BCUT2D eigenvalue weighted by Gasteiger charge is 2.23. The van der Waals surface area contributed by atoms with Crippen LogP contribution in [0.3, 0.4) is 0 Å². The number of rotatable bonds is 2. The highest BCUT2D eigenvalue weighted by atomic mass is 32.2. The molecule has 1 aliphatic heterocycles. The lowest BCUT2D eigenvalue weighted by Gasteiger charge is -2.23. The first kappa shape index (κ1) is 12.3. The van der Waals surface area contributed by atoms with Crippen molar-refractivity contribution in [2.24, 2.45) is 0 Å². The minimum Gasteiger partial charge on any atom is -0.478 e. The minimum atomic E-state index is -0.997. The average Bonchev–Trinajstić information content (AvgIpc) is 2.75. The number of nitrogens with zero attached hydrogens (tertiary/aromatic N) is 1. The SMILES string of the molecule is O=C(O)c1cccc2[nH]c(=O)n(C3CCSCC3)c12. The van der Waals surface area contributed by atoms with Gasteiger partial charge in [-0.05, 0) is 36.5 Å². The zero-order valence-electron chi connectivity index (χ0n) is 10.3. The zero-order chi connectivity index (χ0) is 13.4. The van der Waals surface area contributed by atoms with E-state index in [2.05, 4.69) is 4.98 Å². The number of carboxylic acid groups (broad SMARTS) is 1. The van der Waals surface area contributed by atoms with Gasteiger partial charge in [-0.1, -0.05) is 6.07 Å². The third kappa shape index (κ3) is 2.06. The van der Waals surface area contributed by atoms with E-state index in [1.807, 2.05) is 11.8 Å². The molecular formula is C13H14N2O3S. The van der Waals surface area contributed by atoms with E-state index in [-0.39, 0.29) is 17.3 Å². The number of thioether (sulfide) groups is 1. The van der Waals surface area contributed by atoms with Crippen LogP contribution >= 0.6 is 11.8 Å². The van der Waals surface area contributed by atoms with Gasteiger partial charge in [0.25, 0.3) is 0 Å². The molecule has 0 radical (unpaired) electrons. The molecule has 100 valence electrons. The molecule has 0 bridgehead atoms. The van der Waals surface area contributed by atoms with Crippen LogP contribution in [0.5, 0.6) is 0 Å². The number of carbonyl (C=O) groups is 1. The molecule has 0 unspecified atom stereocenters. The highest BCUT2D eigenvalue weighted by molar-refractivity contribution is 7.99. The predicted octanol–water partition coefficient (Wildman–Crippen LogP) is 2.10. The maximum Gasteiger partial charge on any atom is 0.337 e. The first-order valence-electron chi connectivity index (χ1n) is 6.23. The van der Waals surface area contributed by atoms with Crippen molar-refractivity contribution in [1.29, 1.82) is 0 Å². The summed E-state index contributed by atoms with van der Waals surface area (Å²) in [7, 11) is 0. The fourth-order valence-corrected chi connectivity index (χ4v) is 3.73. The number of hydrogen-bond donors (Lipinski definition) is 2. The van der Waals surface area contributed by atoms with Crippen LogP contribution in [0.15, 0.2) is 23.0 Å². The Hall–Kier alpha value is -1.69. The molecule has 2 heterocycles. The van der Waals surface area contributed by atoms with Gasteiger partial charge in [0.05, 0.1) is 16.6 Å². The van der Waals surface area contributed by atoms with Crippen LogP contribution in [0, 0.1) is 0 Å². The smallest absolute Gasteiger partial charge is 0.337 e. The molecule has 1 aromatic carbocycles. The van der Waals surface area contributed by atoms with Gasteiger partial charge >= 0.3 is 11.7 Å².